The molecule has 0 aliphatic carbocycles. The van der Waals surface area contributed by atoms with Crippen molar-refractivity contribution in [3.8, 4) is 5.75 Å². The summed E-state index contributed by atoms with van der Waals surface area (Å²) < 4.78 is 0. The Morgan fingerprint density at radius 1 is 1.45 bits per heavy atom. The molecule has 0 aliphatic heterocycles. The van der Waals surface area contributed by atoms with E-state index in [1.165, 1.54) is 0 Å². The molecule has 0 unspecified atom stereocenters. The predicted octanol–water partition coefficient (Wildman–Crippen LogP) is 1.96. The molecule has 0 aromatic heterocycles. The molecule has 0 spiro atoms. The predicted molar refractivity (Wildman–Crippen MR) is 50.0 cm³/mol. The second-order valence-electron chi connectivity index (χ2n) is 2.12. The van der Waals surface area contributed by atoms with Crippen molar-refractivity contribution in [2.24, 2.45) is 0 Å². The molecule has 0 saturated carbocycles. The summed E-state index contributed by atoms with van der Waals surface area (Å²) in [6.07, 6.45) is 2.50. The Bertz CT molecular complexity index is 241. The number of hydrogen-bond donors (Lipinski definition) is 1. The number of phenolic OH excluding ortho intramolecular Hbond substituents is 1. The van der Waals surface area contributed by atoms with Crippen molar-refractivity contribution < 1.29 is 7.96 Å². The van der Waals surface area contributed by atoms with Crippen LogP contribution in [0.15, 0.2) is 36.9 Å². The third-order valence-corrected chi connectivity index (χ3v) is 1.36. The summed E-state index contributed by atoms with van der Waals surface area (Å²) in [5.41, 5.74) is 0.928. The summed E-state index contributed by atoms with van der Waals surface area (Å²) in [7, 11) is 0. The van der Waals surface area contributed by atoms with Gasteiger partial charge in [0.15, 0.2) is 0 Å². The van der Waals surface area contributed by atoms with E-state index in [1.54, 1.807) is 12.1 Å². The van der Waals surface area contributed by atoms with E-state index in [0.717, 1.165) is 12.0 Å². The molecule has 0 heterocycles. The van der Waals surface area contributed by atoms with E-state index in [0.29, 0.717) is 5.75 Å². The Morgan fingerprint density at radius 2 is 2.09 bits per heavy atom. The first kappa shape index (κ1) is 11.0. The second-order valence-corrected chi connectivity index (χ2v) is 2.12. The maximum Gasteiger partial charge on any atom is 2.00 e. The van der Waals surface area contributed by atoms with E-state index in [1.807, 2.05) is 18.2 Å². The van der Waals surface area contributed by atoms with E-state index in [2.05, 4.69) is 6.58 Å². The van der Waals surface area contributed by atoms with Gasteiger partial charge in [0.2, 0.25) is 0 Å². The molecule has 2 heteroatoms. The quantitative estimate of drug-likeness (QED) is 0.539. The number of allylic oxidation sites excluding steroid dienone is 1. The third kappa shape index (κ3) is 3.28. The maximum atomic E-state index is 9.19. The topological polar surface area (TPSA) is 20.2 Å². The number of phenols is 1. The van der Waals surface area contributed by atoms with E-state index in [-0.39, 0.29) is 40.6 Å². The molecule has 0 bridgehead atoms. The average Bonchev–Trinajstić information content (AvgIpc) is 1.94. The van der Waals surface area contributed by atoms with Gasteiger partial charge in [0.05, 0.1) is 0 Å². The molecule has 0 amide bonds. The van der Waals surface area contributed by atoms with Gasteiger partial charge in [-0.3, -0.25) is 0 Å². The van der Waals surface area contributed by atoms with Crippen molar-refractivity contribution in [3.05, 3.63) is 42.5 Å². The zero-order valence-electron chi connectivity index (χ0n) is 8.46. The summed E-state index contributed by atoms with van der Waals surface area (Å²) in [5.74, 6) is 0.349. The van der Waals surface area contributed by atoms with Crippen molar-refractivity contribution in [2.45, 2.75) is 6.42 Å². The molecule has 1 aromatic rings. The fourth-order valence-corrected chi connectivity index (χ4v) is 0.839. The van der Waals surface area contributed by atoms with Crippen molar-refractivity contribution in [3.63, 3.8) is 0 Å². The fourth-order valence-electron chi connectivity index (χ4n) is 0.839. The third-order valence-electron chi connectivity index (χ3n) is 1.36. The first-order chi connectivity index (χ1) is 4.84. The van der Waals surface area contributed by atoms with Gasteiger partial charge in [0.25, 0.3) is 0 Å². The molecule has 56 valence electrons. The minimum Gasteiger partial charge on any atom is -1.00 e. The largest absolute Gasteiger partial charge is 2.00 e. The van der Waals surface area contributed by atoms with Gasteiger partial charge in [-0.2, -0.15) is 0 Å². The molecule has 1 N–H and O–H groups in total. The van der Waals surface area contributed by atoms with Gasteiger partial charge in [-0.1, -0.05) is 24.3 Å². The molecule has 0 aliphatic rings. The van der Waals surface area contributed by atoms with Crippen LogP contribution in [0.4, 0.5) is 0 Å². The normalized spacial score (nSPS) is 8.36. The van der Waals surface area contributed by atoms with Crippen LogP contribution in [0.5, 0.6) is 5.75 Å². The fraction of sp³-hybridized carbons (Fsp3) is 0.111. The first-order valence-corrected chi connectivity index (χ1v) is 3.22. The molecule has 1 aromatic carbocycles. The van der Waals surface area contributed by atoms with E-state index in [4.69, 9.17) is 0 Å². The molecule has 0 fully saturated rings. The number of benzene rings is 1. The summed E-state index contributed by atoms with van der Waals surface area (Å²) in [6.45, 7) is 3.59. The Kier molecular flexibility index (Phi) is 5.65. The molecule has 0 atom stereocenters. The van der Waals surface area contributed by atoms with Crippen LogP contribution >= 0.6 is 0 Å². The number of para-hydroxylation sites is 1. The van der Waals surface area contributed by atoms with Crippen molar-refractivity contribution >= 4 is 37.7 Å². The second kappa shape index (κ2) is 5.64. The van der Waals surface area contributed by atoms with Crippen molar-refractivity contribution in [1.29, 1.82) is 0 Å². The monoisotopic (exact) mass is 176 g/mol. The number of rotatable bonds is 2. The minimum atomic E-state index is 0. The van der Waals surface area contributed by atoms with Gasteiger partial charge in [-0.05, 0) is 18.1 Å². The molecular formula is C9H12CaO. The molecule has 1 rings (SSSR count). The van der Waals surface area contributed by atoms with E-state index < -0.39 is 0 Å². The summed E-state index contributed by atoms with van der Waals surface area (Å²) >= 11 is 0. The van der Waals surface area contributed by atoms with Gasteiger partial charge in [-0.25, -0.2) is 0 Å². The van der Waals surface area contributed by atoms with Crippen LogP contribution in [-0.2, 0) is 6.42 Å². The van der Waals surface area contributed by atoms with Crippen LogP contribution in [0.3, 0.4) is 0 Å². The van der Waals surface area contributed by atoms with Crippen LogP contribution < -0.4 is 0 Å². The Balaban J connectivity index is -0.000000333. The summed E-state index contributed by atoms with van der Waals surface area (Å²) in [6, 6.07) is 7.27. The average molecular weight is 176 g/mol. The summed E-state index contributed by atoms with van der Waals surface area (Å²) in [4.78, 5) is 0. The SMILES string of the molecule is C=CCc1ccccc1O.[Ca+2].[H-].[H-]. The summed E-state index contributed by atoms with van der Waals surface area (Å²) in [5, 5.41) is 9.19. The Hall–Kier alpha value is 0.0197. The molecular weight excluding hydrogens is 164 g/mol. The van der Waals surface area contributed by atoms with Crippen LogP contribution in [0.25, 0.3) is 0 Å². The number of hydrogen-bond acceptors (Lipinski definition) is 1. The molecule has 1 nitrogen and oxygen atoms in total. The van der Waals surface area contributed by atoms with Crippen LogP contribution in [0, 0.1) is 0 Å². The first-order valence-electron chi connectivity index (χ1n) is 3.22. The van der Waals surface area contributed by atoms with Crippen LogP contribution in [0.1, 0.15) is 8.42 Å². The standard InChI is InChI=1S/C9H10O.Ca.2H/c1-2-5-8-6-3-4-7-9(8)10;;;/h2-4,6-7,10H,1,5H2;;;/q;+2;2*-1. The van der Waals surface area contributed by atoms with Crippen molar-refractivity contribution in [2.75, 3.05) is 0 Å². The maximum absolute atomic E-state index is 9.19. The number of aromatic hydroxyl groups is 1. The van der Waals surface area contributed by atoms with Crippen molar-refractivity contribution in [1.82, 2.24) is 0 Å². The van der Waals surface area contributed by atoms with Crippen LogP contribution in [0.2, 0.25) is 0 Å². The minimum absolute atomic E-state index is 0. The van der Waals surface area contributed by atoms with Gasteiger partial charge in [0, 0.05) is 0 Å². The molecule has 0 radical (unpaired) electrons. The van der Waals surface area contributed by atoms with Gasteiger partial charge >= 0.3 is 37.7 Å². The van der Waals surface area contributed by atoms with Crippen LogP contribution in [-0.4, -0.2) is 42.8 Å². The molecule has 11 heavy (non-hydrogen) atoms. The molecule has 0 saturated heterocycles. The van der Waals surface area contributed by atoms with Gasteiger partial charge in [0.1, 0.15) is 5.75 Å². The Labute approximate surface area is 99.7 Å². The van der Waals surface area contributed by atoms with Gasteiger partial charge < -0.3 is 7.96 Å². The zero-order chi connectivity index (χ0) is 7.40. The van der Waals surface area contributed by atoms with E-state index >= 15 is 0 Å². The zero-order valence-corrected chi connectivity index (χ0v) is 8.66. The Morgan fingerprint density at radius 3 is 2.64 bits per heavy atom. The van der Waals surface area contributed by atoms with E-state index in [9.17, 15) is 5.11 Å². The van der Waals surface area contributed by atoms with Gasteiger partial charge in [-0.15, -0.1) is 6.58 Å². The smallest absolute Gasteiger partial charge is 1.00 e.